The molecule has 0 radical (unpaired) electrons. The van der Waals surface area contributed by atoms with E-state index < -0.39 is 6.48 Å². The third kappa shape index (κ3) is 7.52. The van der Waals surface area contributed by atoms with Gasteiger partial charge in [-0.2, -0.15) is 0 Å². The van der Waals surface area contributed by atoms with Crippen LogP contribution in [-0.2, 0) is 0 Å². The van der Waals surface area contributed by atoms with Crippen molar-refractivity contribution in [3.63, 3.8) is 0 Å². The van der Waals surface area contributed by atoms with E-state index in [1.807, 2.05) is 23.1 Å². The van der Waals surface area contributed by atoms with Gasteiger partial charge in [0.05, 0.1) is 0 Å². The van der Waals surface area contributed by atoms with Crippen molar-refractivity contribution in [1.82, 2.24) is 8.61 Å². The standard InChI is InChI=1S/C24H50N3PS2/c1-5-9-15-23(16-10-6-2)19-13-21-26(23)29-28(25)30-27-22-14-20-24(27,17-11-7-3)18-12-8-4/h5-22,25H2,1-4H3. The zero-order valence-corrected chi connectivity index (χ0v) is 23.0. The summed E-state index contributed by atoms with van der Waals surface area (Å²) in [6.45, 7) is 11.2. The zero-order chi connectivity index (χ0) is 21.9. The smallest absolute Gasteiger partial charge is 0.114 e. The average Bonchev–Trinajstić information content (AvgIpc) is 3.32. The Kier molecular flexibility index (Phi) is 13.0. The molecule has 3 nitrogen and oxygen atoms in total. The van der Waals surface area contributed by atoms with Crippen LogP contribution in [0.3, 0.4) is 0 Å². The van der Waals surface area contributed by atoms with Crippen molar-refractivity contribution in [1.29, 1.82) is 0 Å². The van der Waals surface area contributed by atoms with Crippen LogP contribution in [0.5, 0.6) is 0 Å². The van der Waals surface area contributed by atoms with E-state index in [-0.39, 0.29) is 0 Å². The maximum absolute atomic E-state index is 6.90. The molecule has 0 aromatic rings. The molecule has 2 N–H and O–H groups in total. The first-order chi connectivity index (χ1) is 14.6. The highest BCUT2D eigenvalue weighted by Gasteiger charge is 2.44. The zero-order valence-electron chi connectivity index (χ0n) is 20.5. The molecule has 2 heterocycles. The highest BCUT2D eigenvalue weighted by Crippen LogP contribution is 2.63. The van der Waals surface area contributed by atoms with Crippen molar-refractivity contribution in [3.8, 4) is 0 Å². The molecule has 2 rings (SSSR count). The Bertz CT molecular complexity index is 410. The SMILES string of the molecule is CCCCC1(CCCC)CCCN1SP(N)SN1CCCC1(CCCC)CCCC. The van der Waals surface area contributed by atoms with Gasteiger partial charge in [0, 0.05) is 24.2 Å². The third-order valence-corrected chi connectivity index (χ3v) is 12.6. The molecule has 2 aliphatic heterocycles. The lowest BCUT2D eigenvalue weighted by Gasteiger charge is -2.41. The highest BCUT2D eigenvalue weighted by atomic mass is 33.1. The minimum atomic E-state index is -0.594. The topological polar surface area (TPSA) is 32.5 Å². The van der Waals surface area contributed by atoms with Crippen LogP contribution in [0.1, 0.15) is 130 Å². The van der Waals surface area contributed by atoms with Crippen LogP contribution in [-0.4, -0.2) is 32.8 Å². The third-order valence-electron chi connectivity index (χ3n) is 7.41. The quantitative estimate of drug-likeness (QED) is 0.178. The molecule has 0 saturated carbocycles. The highest BCUT2D eigenvalue weighted by molar-refractivity contribution is 8.86. The summed E-state index contributed by atoms with van der Waals surface area (Å²) in [5, 5.41) is 0. The minimum absolute atomic E-state index is 0.420. The Morgan fingerprint density at radius 3 is 1.30 bits per heavy atom. The molecule has 0 spiro atoms. The normalized spacial score (nSPS) is 21.8. The van der Waals surface area contributed by atoms with Crippen LogP contribution in [0, 0.1) is 0 Å². The Morgan fingerprint density at radius 1 is 0.667 bits per heavy atom. The monoisotopic (exact) mass is 475 g/mol. The van der Waals surface area contributed by atoms with Crippen LogP contribution < -0.4 is 5.50 Å². The molecular formula is C24H50N3PS2. The second kappa shape index (κ2) is 14.3. The molecule has 178 valence electrons. The van der Waals surface area contributed by atoms with E-state index in [0.717, 1.165) is 0 Å². The van der Waals surface area contributed by atoms with Crippen molar-refractivity contribution in [2.45, 2.75) is 142 Å². The number of hydrogen-bond acceptors (Lipinski definition) is 5. The van der Waals surface area contributed by atoms with Gasteiger partial charge in [-0.15, -0.1) is 0 Å². The molecule has 0 unspecified atom stereocenters. The number of unbranched alkanes of at least 4 members (excludes halogenated alkanes) is 4. The van der Waals surface area contributed by atoms with Gasteiger partial charge in [0.2, 0.25) is 0 Å². The summed E-state index contributed by atoms with van der Waals surface area (Å²) in [7, 11) is 0. The van der Waals surface area contributed by atoms with Crippen molar-refractivity contribution in [3.05, 3.63) is 0 Å². The van der Waals surface area contributed by atoms with E-state index in [2.05, 4.69) is 36.3 Å². The van der Waals surface area contributed by atoms with Crippen LogP contribution >= 0.6 is 29.6 Å². The first-order valence-corrected chi connectivity index (χ1v) is 17.2. The Labute approximate surface area is 198 Å². The lowest BCUT2D eigenvalue weighted by atomic mass is 9.86. The fourth-order valence-electron chi connectivity index (χ4n) is 5.56. The molecule has 0 aromatic carbocycles. The van der Waals surface area contributed by atoms with Gasteiger partial charge in [0.25, 0.3) is 0 Å². The molecule has 2 saturated heterocycles. The first-order valence-electron chi connectivity index (χ1n) is 13.0. The first kappa shape index (κ1) is 27.3. The van der Waals surface area contributed by atoms with Crippen LogP contribution in [0.25, 0.3) is 0 Å². The van der Waals surface area contributed by atoms with Gasteiger partial charge in [-0.25, -0.2) is 8.61 Å². The fraction of sp³-hybridized carbons (Fsp3) is 1.00. The molecule has 0 bridgehead atoms. The summed E-state index contributed by atoms with van der Waals surface area (Å²) >= 11 is 4.10. The maximum Gasteiger partial charge on any atom is 0.114 e. The Morgan fingerprint density at radius 2 is 1.00 bits per heavy atom. The van der Waals surface area contributed by atoms with E-state index in [1.54, 1.807) is 0 Å². The minimum Gasteiger partial charge on any atom is -0.291 e. The van der Waals surface area contributed by atoms with Crippen LogP contribution in [0.4, 0.5) is 0 Å². The Balaban J connectivity index is 2.01. The fourth-order valence-corrected chi connectivity index (χ4v) is 11.8. The molecule has 0 atom stereocenters. The summed E-state index contributed by atoms with van der Waals surface area (Å²) in [5.74, 6) is 0. The van der Waals surface area contributed by atoms with Crippen molar-refractivity contribution in [2.24, 2.45) is 5.50 Å². The van der Waals surface area contributed by atoms with E-state index >= 15 is 0 Å². The van der Waals surface area contributed by atoms with E-state index in [0.29, 0.717) is 11.1 Å². The van der Waals surface area contributed by atoms with E-state index in [1.165, 1.54) is 116 Å². The van der Waals surface area contributed by atoms with Crippen molar-refractivity contribution >= 4 is 29.6 Å². The molecule has 6 heteroatoms. The van der Waals surface area contributed by atoms with Gasteiger partial charge in [-0.3, -0.25) is 5.50 Å². The molecule has 0 aliphatic carbocycles. The van der Waals surface area contributed by atoms with E-state index in [9.17, 15) is 0 Å². The number of hydrogen-bond donors (Lipinski definition) is 1. The Hall–Kier alpha value is 1.01. The van der Waals surface area contributed by atoms with Gasteiger partial charge in [0.15, 0.2) is 0 Å². The molecule has 30 heavy (non-hydrogen) atoms. The summed E-state index contributed by atoms with van der Waals surface area (Å²) in [6, 6.07) is 0. The van der Waals surface area contributed by atoms with Gasteiger partial charge >= 0.3 is 0 Å². The van der Waals surface area contributed by atoms with Gasteiger partial charge in [-0.1, -0.05) is 79.1 Å². The largest absolute Gasteiger partial charge is 0.291 e. The second-order valence-corrected chi connectivity index (χ2v) is 15.5. The lowest BCUT2D eigenvalue weighted by molar-refractivity contribution is 0.213. The van der Waals surface area contributed by atoms with Crippen LogP contribution in [0.2, 0.25) is 0 Å². The summed E-state index contributed by atoms with van der Waals surface area (Å²) < 4.78 is 5.54. The van der Waals surface area contributed by atoms with Crippen molar-refractivity contribution in [2.75, 3.05) is 13.1 Å². The molecule has 0 amide bonds. The summed E-state index contributed by atoms with van der Waals surface area (Å²) in [6.07, 6.45) is 21.6. The van der Waals surface area contributed by atoms with Crippen LogP contribution in [0.15, 0.2) is 0 Å². The molecule has 0 aromatic heterocycles. The predicted octanol–water partition coefficient (Wildman–Crippen LogP) is 8.90. The van der Waals surface area contributed by atoms with E-state index in [4.69, 9.17) is 5.50 Å². The summed E-state index contributed by atoms with van der Waals surface area (Å²) in [4.78, 5) is 0. The average molecular weight is 476 g/mol. The molecular weight excluding hydrogens is 425 g/mol. The second-order valence-electron chi connectivity index (χ2n) is 9.72. The molecule has 2 fully saturated rings. The number of nitrogens with zero attached hydrogens (tertiary/aromatic N) is 2. The summed E-state index contributed by atoms with van der Waals surface area (Å²) in [5.41, 5.74) is 7.74. The lowest BCUT2D eigenvalue weighted by Crippen LogP contribution is -2.40. The van der Waals surface area contributed by atoms with Gasteiger partial charge in [-0.05, 0) is 74.5 Å². The maximum atomic E-state index is 6.90. The number of rotatable bonds is 16. The van der Waals surface area contributed by atoms with Gasteiger partial charge < -0.3 is 0 Å². The predicted molar refractivity (Wildman–Crippen MR) is 142 cm³/mol. The van der Waals surface area contributed by atoms with Crippen molar-refractivity contribution < 1.29 is 0 Å². The van der Waals surface area contributed by atoms with Gasteiger partial charge in [0.1, 0.15) is 6.48 Å². The molecule has 2 aliphatic rings. The number of nitrogens with two attached hydrogens (primary N) is 1.